The van der Waals surface area contributed by atoms with Crippen LogP contribution in [0.3, 0.4) is 0 Å². The quantitative estimate of drug-likeness (QED) is 0.689. The van der Waals surface area contributed by atoms with Gasteiger partial charge in [0.1, 0.15) is 0 Å². The number of aliphatic carboxylic acids is 1. The van der Waals surface area contributed by atoms with Gasteiger partial charge in [0.05, 0.1) is 5.41 Å². The molecule has 1 aliphatic rings. The lowest BCUT2D eigenvalue weighted by atomic mass is 9.82. The van der Waals surface area contributed by atoms with Crippen molar-refractivity contribution < 1.29 is 9.90 Å². The lowest BCUT2D eigenvalue weighted by Crippen LogP contribution is -2.42. The number of carboxylic acid groups (broad SMARTS) is 1. The molecular formula is C12H23NO2S. The molecule has 16 heavy (non-hydrogen) atoms. The highest BCUT2D eigenvalue weighted by atomic mass is 32.2. The van der Waals surface area contributed by atoms with Crippen LogP contribution in [0.5, 0.6) is 0 Å². The second kappa shape index (κ2) is 5.41. The van der Waals surface area contributed by atoms with Crippen LogP contribution >= 0.6 is 11.8 Å². The minimum atomic E-state index is -0.668. The Morgan fingerprint density at radius 2 is 2.00 bits per heavy atom. The molecule has 0 amide bonds. The predicted octanol–water partition coefficient (Wildman–Crippen LogP) is 2.36. The molecule has 0 bridgehead atoms. The Labute approximate surface area is 102 Å². The Kier molecular flexibility index (Phi) is 4.68. The van der Waals surface area contributed by atoms with Gasteiger partial charge in [-0.15, -0.1) is 0 Å². The number of carbonyl (C=O) groups is 1. The summed E-state index contributed by atoms with van der Waals surface area (Å²) in [7, 11) is 0. The van der Waals surface area contributed by atoms with E-state index in [1.54, 1.807) is 0 Å². The van der Waals surface area contributed by atoms with E-state index in [1.165, 1.54) is 12.8 Å². The first-order valence-electron chi connectivity index (χ1n) is 6.03. The molecule has 0 aliphatic heterocycles. The maximum absolute atomic E-state index is 11.3. The lowest BCUT2D eigenvalue weighted by molar-refractivity contribution is -0.149. The summed E-state index contributed by atoms with van der Waals surface area (Å²) in [5.74, 6) is -0.668. The number of rotatable bonds is 8. The fourth-order valence-corrected chi connectivity index (χ4v) is 2.76. The molecule has 2 N–H and O–H groups in total. The molecule has 0 saturated heterocycles. The minimum Gasteiger partial charge on any atom is -0.481 e. The zero-order chi connectivity index (χ0) is 12.2. The number of nitrogens with one attached hydrogen (secondary N) is 1. The summed E-state index contributed by atoms with van der Waals surface area (Å²) < 4.78 is 0.408. The number of carboxylic acids is 1. The minimum absolute atomic E-state index is 0.408. The van der Waals surface area contributed by atoms with E-state index in [2.05, 4.69) is 11.6 Å². The monoisotopic (exact) mass is 245 g/mol. The Bertz CT molecular complexity index is 247. The second-order valence-corrected chi connectivity index (χ2v) is 6.06. The first-order chi connectivity index (χ1) is 7.54. The Hall–Kier alpha value is -0.220. The summed E-state index contributed by atoms with van der Waals surface area (Å²) in [4.78, 5) is 11.3. The van der Waals surface area contributed by atoms with Crippen molar-refractivity contribution in [3.63, 3.8) is 0 Å². The van der Waals surface area contributed by atoms with Gasteiger partial charge < -0.3 is 10.4 Å². The summed E-state index contributed by atoms with van der Waals surface area (Å²) in [6, 6.07) is 0. The number of hydrogen-bond donors (Lipinski definition) is 2. The summed E-state index contributed by atoms with van der Waals surface area (Å²) in [6.07, 6.45) is 6.05. The van der Waals surface area contributed by atoms with Crippen LogP contribution in [0.4, 0.5) is 0 Å². The molecule has 1 aliphatic carbocycles. The first kappa shape index (κ1) is 13.8. The zero-order valence-corrected chi connectivity index (χ0v) is 11.3. The van der Waals surface area contributed by atoms with Gasteiger partial charge in [0.25, 0.3) is 0 Å². The Morgan fingerprint density at radius 1 is 1.44 bits per heavy atom. The topological polar surface area (TPSA) is 49.3 Å². The molecule has 0 aromatic rings. The molecule has 0 aromatic carbocycles. The Balaban J connectivity index is 2.41. The van der Waals surface area contributed by atoms with Crippen LogP contribution in [0.2, 0.25) is 0 Å². The first-order valence-corrected chi connectivity index (χ1v) is 7.26. The van der Waals surface area contributed by atoms with E-state index in [0.29, 0.717) is 24.1 Å². The molecule has 0 atom stereocenters. The van der Waals surface area contributed by atoms with Crippen molar-refractivity contribution in [1.29, 1.82) is 0 Å². The van der Waals surface area contributed by atoms with Crippen molar-refractivity contribution in [3.05, 3.63) is 0 Å². The van der Waals surface area contributed by atoms with E-state index >= 15 is 0 Å². The molecule has 4 heteroatoms. The average Bonchev–Trinajstić information content (AvgIpc) is 3.05. The lowest BCUT2D eigenvalue weighted by Gasteiger charge is -2.28. The van der Waals surface area contributed by atoms with Crippen LogP contribution in [-0.2, 0) is 4.79 Å². The van der Waals surface area contributed by atoms with E-state index in [9.17, 15) is 9.90 Å². The van der Waals surface area contributed by atoms with Crippen LogP contribution in [0, 0.1) is 5.41 Å². The SMILES string of the molecule is CCC(CC)(CNCC1(SC)CC1)C(=O)O. The smallest absolute Gasteiger partial charge is 0.310 e. The van der Waals surface area contributed by atoms with Crippen molar-refractivity contribution in [1.82, 2.24) is 5.32 Å². The molecule has 3 nitrogen and oxygen atoms in total. The van der Waals surface area contributed by atoms with Crippen molar-refractivity contribution in [2.24, 2.45) is 5.41 Å². The van der Waals surface area contributed by atoms with Gasteiger partial charge in [-0.3, -0.25) is 4.79 Å². The fraction of sp³-hybridized carbons (Fsp3) is 0.917. The normalized spacial score (nSPS) is 18.4. The van der Waals surface area contributed by atoms with Gasteiger partial charge in [-0.25, -0.2) is 0 Å². The third kappa shape index (κ3) is 2.92. The highest BCUT2D eigenvalue weighted by Gasteiger charge is 2.42. The fourth-order valence-electron chi connectivity index (χ4n) is 2.00. The third-order valence-corrected chi connectivity index (χ3v) is 5.38. The highest BCUT2D eigenvalue weighted by Crippen LogP contribution is 2.46. The molecular weight excluding hydrogens is 222 g/mol. The summed E-state index contributed by atoms with van der Waals surface area (Å²) >= 11 is 1.90. The van der Waals surface area contributed by atoms with Crippen LogP contribution < -0.4 is 5.32 Å². The molecule has 1 rings (SSSR count). The number of hydrogen-bond acceptors (Lipinski definition) is 3. The van der Waals surface area contributed by atoms with Gasteiger partial charge in [-0.05, 0) is 31.9 Å². The van der Waals surface area contributed by atoms with Gasteiger partial charge >= 0.3 is 5.97 Å². The van der Waals surface area contributed by atoms with Gasteiger partial charge in [0, 0.05) is 17.8 Å². The maximum atomic E-state index is 11.3. The Morgan fingerprint density at radius 3 is 2.31 bits per heavy atom. The third-order valence-electron chi connectivity index (χ3n) is 3.96. The van der Waals surface area contributed by atoms with E-state index in [4.69, 9.17) is 0 Å². The molecule has 94 valence electrons. The van der Waals surface area contributed by atoms with Gasteiger partial charge in [0.2, 0.25) is 0 Å². The van der Waals surface area contributed by atoms with Crippen molar-refractivity contribution in [3.8, 4) is 0 Å². The molecule has 1 saturated carbocycles. The standard InChI is InChI=1S/C12H23NO2S/c1-4-11(5-2,10(14)15)8-13-9-12(16-3)6-7-12/h13H,4-9H2,1-3H3,(H,14,15). The molecule has 0 spiro atoms. The second-order valence-electron chi connectivity index (χ2n) is 4.78. The number of thioether (sulfide) groups is 1. The van der Waals surface area contributed by atoms with Crippen LogP contribution in [0.25, 0.3) is 0 Å². The van der Waals surface area contributed by atoms with E-state index in [-0.39, 0.29) is 0 Å². The summed E-state index contributed by atoms with van der Waals surface area (Å²) in [5, 5.41) is 12.6. The van der Waals surface area contributed by atoms with E-state index in [1.807, 2.05) is 25.6 Å². The maximum Gasteiger partial charge on any atom is 0.310 e. The van der Waals surface area contributed by atoms with E-state index in [0.717, 1.165) is 6.54 Å². The molecule has 0 heterocycles. The summed E-state index contributed by atoms with van der Waals surface area (Å²) in [5.41, 5.74) is -0.575. The van der Waals surface area contributed by atoms with Gasteiger partial charge in [-0.1, -0.05) is 13.8 Å². The molecule has 0 aromatic heterocycles. The van der Waals surface area contributed by atoms with Crippen molar-refractivity contribution in [2.75, 3.05) is 19.3 Å². The van der Waals surface area contributed by atoms with Crippen molar-refractivity contribution >= 4 is 17.7 Å². The molecule has 0 unspecified atom stereocenters. The van der Waals surface area contributed by atoms with Gasteiger partial charge in [0.15, 0.2) is 0 Å². The van der Waals surface area contributed by atoms with Crippen LogP contribution in [0.1, 0.15) is 39.5 Å². The predicted molar refractivity (Wildman–Crippen MR) is 69.0 cm³/mol. The molecule has 1 fully saturated rings. The largest absolute Gasteiger partial charge is 0.481 e. The van der Waals surface area contributed by atoms with Gasteiger partial charge in [-0.2, -0.15) is 11.8 Å². The highest BCUT2D eigenvalue weighted by molar-refractivity contribution is 8.00. The van der Waals surface area contributed by atoms with Crippen LogP contribution in [0.15, 0.2) is 0 Å². The van der Waals surface area contributed by atoms with E-state index < -0.39 is 11.4 Å². The molecule has 0 radical (unpaired) electrons. The summed E-state index contributed by atoms with van der Waals surface area (Å²) in [6.45, 7) is 5.46. The average molecular weight is 245 g/mol. The zero-order valence-electron chi connectivity index (χ0n) is 10.5. The van der Waals surface area contributed by atoms with Crippen molar-refractivity contribution in [2.45, 2.75) is 44.3 Å². The van der Waals surface area contributed by atoms with Crippen LogP contribution in [-0.4, -0.2) is 35.2 Å².